The van der Waals surface area contributed by atoms with Gasteiger partial charge in [-0.25, -0.2) is 4.68 Å². The van der Waals surface area contributed by atoms with Crippen molar-refractivity contribution in [3.8, 4) is 0 Å². The minimum atomic E-state index is -0.682. The quantitative estimate of drug-likeness (QED) is 0.382. The van der Waals surface area contributed by atoms with Crippen LogP contribution in [0, 0.1) is 17.3 Å². The second-order valence-corrected chi connectivity index (χ2v) is 13.6. The van der Waals surface area contributed by atoms with Crippen molar-refractivity contribution in [2.75, 3.05) is 13.1 Å². The molecule has 3 atom stereocenters. The number of likely N-dealkylation sites (tertiary alicyclic amines) is 1. The van der Waals surface area contributed by atoms with Gasteiger partial charge in [-0.2, -0.15) is 0 Å². The summed E-state index contributed by atoms with van der Waals surface area (Å²) in [6.07, 6.45) is 10.8. The molecule has 2 fully saturated rings. The number of hydrogen-bond donors (Lipinski definition) is 2. The van der Waals surface area contributed by atoms with Crippen LogP contribution < -0.4 is 11.1 Å². The first-order chi connectivity index (χ1) is 21.3. The molecule has 9 nitrogen and oxygen atoms in total. The van der Waals surface area contributed by atoms with Gasteiger partial charge in [0.05, 0.1) is 5.92 Å². The monoisotopic (exact) mass is 617 g/mol. The number of nitrogens with two attached hydrogens (primary N) is 1. The summed E-state index contributed by atoms with van der Waals surface area (Å²) >= 11 is 6.15. The summed E-state index contributed by atoms with van der Waals surface area (Å²) < 4.78 is 1.79. The van der Waals surface area contributed by atoms with E-state index in [2.05, 4.69) is 26.9 Å². The third kappa shape index (κ3) is 6.54. The average molecular weight is 618 g/mol. The largest absolute Gasteiger partial charge is 0.344 e. The summed E-state index contributed by atoms with van der Waals surface area (Å²) in [5.41, 5.74) is 9.88. The van der Waals surface area contributed by atoms with Crippen LogP contribution in [0.15, 0.2) is 48.5 Å². The molecule has 1 saturated heterocycles. The predicted molar refractivity (Wildman–Crippen MR) is 170 cm³/mol. The van der Waals surface area contributed by atoms with Crippen LogP contribution in [0.4, 0.5) is 0 Å². The van der Waals surface area contributed by atoms with Crippen LogP contribution in [0.3, 0.4) is 0 Å². The molecule has 2 aromatic carbocycles. The van der Waals surface area contributed by atoms with Crippen molar-refractivity contribution < 1.29 is 9.59 Å². The Bertz CT molecular complexity index is 1440. The lowest BCUT2D eigenvalue weighted by atomic mass is 9.62. The second-order valence-electron chi connectivity index (χ2n) is 13.2. The summed E-state index contributed by atoms with van der Waals surface area (Å²) in [5.74, 6) is 0.947. The molecule has 10 heteroatoms. The molecule has 2 heterocycles. The molecular weight excluding hydrogens is 574 g/mol. The normalized spacial score (nSPS) is 22.7. The van der Waals surface area contributed by atoms with E-state index in [9.17, 15) is 9.59 Å². The first-order valence-corrected chi connectivity index (χ1v) is 16.6. The first kappa shape index (κ1) is 30.7. The average Bonchev–Trinajstić information content (AvgIpc) is 3.45. The lowest BCUT2D eigenvalue weighted by molar-refractivity contribution is -0.140. The molecule has 1 aliphatic heterocycles. The van der Waals surface area contributed by atoms with Gasteiger partial charge in [0.2, 0.25) is 11.8 Å². The number of piperidine rings is 1. The van der Waals surface area contributed by atoms with E-state index in [1.54, 1.807) is 4.68 Å². The van der Waals surface area contributed by atoms with Gasteiger partial charge in [0.25, 0.3) is 0 Å². The van der Waals surface area contributed by atoms with E-state index < -0.39 is 12.1 Å². The third-order valence-electron chi connectivity index (χ3n) is 10.6. The summed E-state index contributed by atoms with van der Waals surface area (Å²) in [4.78, 5) is 30.0. The number of nitrogens with zero attached hydrogens (tertiary/aromatic N) is 5. The van der Waals surface area contributed by atoms with E-state index in [0.717, 1.165) is 42.6 Å². The molecule has 234 valence electrons. The summed E-state index contributed by atoms with van der Waals surface area (Å²) in [7, 11) is 1.91. The molecule has 1 aromatic heterocycles. The molecule has 0 bridgehead atoms. The molecule has 3 N–H and O–H groups in total. The second kappa shape index (κ2) is 13.4. The fourth-order valence-corrected chi connectivity index (χ4v) is 8.10. The highest BCUT2D eigenvalue weighted by Crippen LogP contribution is 2.48. The SMILES string of the molecule is Cn1nnnc1CC1(C2CCCCC2)CCN(C(=O)[C@@H](Cc2ccc(Cl)cc2)NC(=O)C2CCc3ccccc3C2N)CC1. The number of aromatic nitrogens is 4. The molecule has 6 rings (SSSR count). The Morgan fingerprint density at radius 1 is 1.05 bits per heavy atom. The van der Waals surface area contributed by atoms with Crippen LogP contribution in [-0.2, 0) is 35.9 Å². The standard InChI is InChI=1S/C34H44ClN7O2/c1-41-30(38-39-40-41)22-34(25-8-3-2-4-9-25)17-19-42(20-18-34)33(44)29(21-23-11-14-26(35)15-12-23)37-32(43)28-16-13-24-7-5-6-10-27(24)31(28)36/h5-7,10-12,14-15,25,28-29,31H,2-4,8-9,13,16-22,36H2,1H3,(H,37,43)/t28?,29-,31?/m1/s1. The van der Waals surface area contributed by atoms with Gasteiger partial charge in [-0.3, -0.25) is 9.59 Å². The smallest absolute Gasteiger partial charge is 0.245 e. The number of carbonyl (C=O) groups is 2. The van der Waals surface area contributed by atoms with Crippen LogP contribution >= 0.6 is 11.6 Å². The highest BCUT2D eigenvalue weighted by Gasteiger charge is 2.44. The Labute approximate surface area is 264 Å². The molecule has 2 aliphatic carbocycles. The number of nitrogens with one attached hydrogen (secondary N) is 1. The lowest BCUT2D eigenvalue weighted by Gasteiger charge is -2.48. The molecule has 44 heavy (non-hydrogen) atoms. The summed E-state index contributed by atoms with van der Waals surface area (Å²) in [5, 5.41) is 16.1. The number of halogens is 1. The zero-order chi connectivity index (χ0) is 30.7. The number of fused-ring (bicyclic) bond motifs is 1. The zero-order valence-electron chi connectivity index (χ0n) is 25.6. The topological polar surface area (TPSA) is 119 Å². The van der Waals surface area contributed by atoms with Gasteiger partial charge < -0.3 is 16.0 Å². The zero-order valence-corrected chi connectivity index (χ0v) is 26.4. The first-order valence-electron chi connectivity index (χ1n) is 16.2. The van der Waals surface area contributed by atoms with Crippen molar-refractivity contribution in [2.45, 2.75) is 82.7 Å². The molecule has 1 saturated carbocycles. The van der Waals surface area contributed by atoms with Gasteiger partial charge in [-0.15, -0.1) is 5.10 Å². The van der Waals surface area contributed by atoms with Gasteiger partial charge >= 0.3 is 0 Å². The summed E-state index contributed by atoms with van der Waals surface area (Å²) in [6.45, 7) is 1.31. The van der Waals surface area contributed by atoms with Gasteiger partial charge in [0.1, 0.15) is 6.04 Å². The number of aryl methyl sites for hydroxylation is 2. The van der Waals surface area contributed by atoms with Crippen LogP contribution in [-0.4, -0.2) is 56.1 Å². The molecule has 2 unspecified atom stereocenters. The van der Waals surface area contributed by atoms with Crippen LogP contribution in [0.2, 0.25) is 5.02 Å². The Kier molecular flexibility index (Phi) is 9.33. The maximum atomic E-state index is 14.2. The fourth-order valence-electron chi connectivity index (χ4n) is 7.97. The number of hydrogen-bond acceptors (Lipinski definition) is 6. The molecule has 3 aromatic rings. The fraction of sp³-hybridized carbons (Fsp3) is 0.559. The van der Waals surface area contributed by atoms with Crippen molar-refractivity contribution in [2.24, 2.45) is 30.0 Å². The molecule has 3 aliphatic rings. The number of benzene rings is 2. The van der Waals surface area contributed by atoms with Gasteiger partial charge in [-0.05, 0) is 89.1 Å². The Morgan fingerprint density at radius 3 is 2.48 bits per heavy atom. The highest BCUT2D eigenvalue weighted by atomic mass is 35.5. The number of tetrazole rings is 1. The van der Waals surface area contributed by atoms with Gasteiger partial charge in [-0.1, -0.05) is 67.3 Å². The molecular formula is C34H44ClN7O2. The van der Waals surface area contributed by atoms with Crippen LogP contribution in [0.1, 0.15) is 79.9 Å². The highest BCUT2D eigenvalue weighted by molar-refractivity contribution is 6.30. The lowest BCUT2D eigenvalue weighted by Crippen LogP contribution is -2.55. The predicted octanol–water partition coefficient (Wildman–Crippen LogP) is 4.59. The number of rotatable bonds is 8. The molecule has 2 amide bonds. The van der Waals surface area contributed by atoms with E-state index >= 15 is 0 Å². The number of amides is 2. The van der Waals surface area contributed by atoms with E-state index in [1.807, 2.05) is 54.4 Å². The van der Waals surface area contributed by atoms with E-state index in [0.29, 0.717) is 36.9 Å². The molecule has 0 radical (unpaired) electrons. The van der Waals surface area contributed by atoms with E-state index in [1.165, 1.54) is 37.7 Å². The van der Waals surface area contributed by atoms with Crippen molar-refractivity contribution in [1.29, 1.82) is 0 Å². The third-order valence-corrected chi connectivity index (χ3v) is 10.9. The van der Waals surface area contributed by atoms with Crippen LogP contribution in [0.5, 0.6) is 0 Å². The minimum absolute atomic E-state index is 0.0318. The van der Waals surface area contributed by atoms with Crippen LogP contribution in [0.25, 0.3) is 0 Å². The van der Waals surface area contributed by atoms with E-state index in [4.69, 9.17) is 17.3 Å². The maximum absolute atomic E-state index is 14.2. The molecule has 0 spiro atoms. The van der Waals surface area contributed by atoms with Crippen molar-refractivity contribution in [3.63, 3.8) is 0 Å². The van der Waals surface area contributed by atoms with Crippen molar-refractivity contribution in [3.05, 3.63) is 76.1 Å². The number of carbonyl (C=O) groups excluding carboxylic acids is 2. The van der Waals surface area contributed by atoms with Crippen molar-refractivity contribution in [1.82, 2.24) is 30.4 Å². The van der Waals surface area contributed by atoms with Gasteiger partial charge in [0, 0.05) is 44.0 Å². The minimum Gasteiger partial charge on any atom is -0.344 e. The maximum Gasteiger partial charge on any atom is 0.245 e. The van der Waals surface area contributed by atoms with Gasteiger partial charge in [0.15, 0.2) is 5.82 Å². The Balaban J connectivity index is 1.19. The summed E-state index contributed by atoms with van der Waals surface area (Å²) in [6, 6.07) is 14.5. The Morgan fingerprint density at radius 2 is 1.77 bits per heavy atom. The van der Waals surface area contributed by atoms with E-state index in [-0.39, 0.29) is 23.1 Å². The Hall–Kier alpha value is -3.30. The van der Waals surface area contributed by atoms with Crippen molar-refractivity contribution >= 4 is 23.4 Å².